The first-order valence-electron chi connectivity index (χ1n) is 8.92. The Kier molecular flexibility index (Phi) is 6.02. The molecule has 3 rings (SSSR count). The zero-order valence-electron chi connectivity index (χ0n) is 16.5. The summed E-state index contributed by atoms with van der Waals surface area (Å²) in [6.07, 6.45) is 2.35. The zero-order chi connectivity index (χ0) is 23.0. The molecule has 1 amide bonds. The first kappa shape index (κ1) is 22.7. The first-order valence-corrected chi connectivity index (χ1v) is 12.3. The molecule has 0 spiro atoms. The van der Waals surface area contributed by atoms with Crippen molar-refractivity contribution >= 4 is 37.1 Å². The van der Waals surface area contributed by atoms with Crippen molar-refractivity contribution in [2.45, 2.75) is 28.7 Å². The SMILES string of the molecule is COc1ccc(S(=O)(=O)NC2CC2)cc1NC(=O)c1cc([N+](=O)[O-])cc(S(C)(=O)=O)c1. The summed E-state index contributed by atoms with van der Waals surface area (Å²) < 4.78 is 56.3. The van der Waals surface area contributed by atoms with E-state index in [-0.39, 0.29) is 27.9 Å². The summed E-state index contributed by atoms with van der Waals surface area (Å²) in [5, 5.41) is 13.6. The highest BCUT2D eigenvalue weighted by molar-refractivity contribution is 7.90. The molecule has 0 unspecified atom stereocenters. The molecule has 1 aliphatic carbocycles. The van der Waals surface area contributed by atoms with Crippen LogP contribution in [0.1, 0.15) is 23.2 Å². The van der Waals surface area contributed by atoms with E-state index in [1.807, 2.05) is 0 Å². The number of sulfone groups is 1. The molecule has 11 nitrogen and oxygen atoms in total. The Balaban J connectivity index is 1.98. The molecule has 0 atom stereocenters. The van der Waals surface area contributed by atoms with Crippen molar-refractivity contribution in [1.29, 1.82) is 0 Å². The van der Waals surface area contributed by atoms with Crippen LogP contribution in [-0.2, 0) is 19.9 Å². The van der Waals surface area contributed by atoms with Crippen LogP contribution in [0, 0.1) is 10.1 Å². The fourth-order valence-electron chi connectivity index (χ4n) is 2.67. The van der Waals surface area contributed by atoms with E-state index in [2.05, 4.69) is 10.0 Å². The van der Waals surface area contributed by atoms with Gasteiger partial charge in [0.15, 0.2) is 9.84 Å². The Morgan fingerprint density at radius 2 is 1.77 bits per heavy atom. The smallest absolute Gasteiger partial charge is 0.271 e. The van der Waals surface area contributed by atoms with Crippen LogP contribution in [0.4, 0.5) is 11.4 Å². The standard InChI is InChI=1S/C18H19N3O8S2/c1-29-17-6-5-14(31(27,28)20-12-3-4-12)10-16(17)19-18(22)11-7-13(21(23)24)9-15(8-11)30(2,25)26/h5-10,12,20H,3-4H2,1-2H3,(H,19,22). The minimum Gasteiger partial charge on any atom is -0.495 e. The number of hydrogen-bond donors (Lipinski definition) is 2. The number of carbonyl (C=O) groups is 1. The monoisotopic (exact) mass is 469 g/mol. The van der Waals surface area contributed by atoms with Gasteiger partial charge in [-0.3, -0.25) is 14.9 Å². The van der Waals surface area contributed by atoms with E-state index in [0.717, 1.165) is 37.3 Å². The van der Waals surface area contributed by atoms with E-state index in [4.69, 9.17) is 4.74 Å². The minimum absolute atomic E-state index is 0.00131. The van der Waals surface area contributed by atoms with Crippen molar-refractivity contribution in [1.82, 2.24) is 4.72 Å². The number of benzene rings is 2. The van der Waals surface area contributed by atoms with E-state index in [1.54, 1.807) is 0 Å². The lowest BCUT2D eigenvalue weighted by Crippen LogP contribution is -2.26. The molecular formula is C18H19N3O8S2. The number of rotatable bonds is 8. The maximum atomic E-state index is 12.7. The van der Waals surface area contributed by atoms with Gasteiger partial charge < -0.3 is 10.1 Å². The first-order chi connectivity index (χ1) is 14.4. The number of non-ortho nitro benzene ring substituents is 1. The van der Waals surface area contributed by atoms with Gasteiger partial charge >= 0.3 is 0 Å². The van der Waals surface area contributed by atoms with Crippen molar-refractivity contribution in [3.8, 4) is 5.75 Å². The van der Waals surface area contributed by atoms with Crippen LogP contribution in [0.5, 0.6) is 5.75 Å². The zero-order valence-corrected chi connectivity index (χ0v) is 18.1. The van der Waals surface area contributed by atoms with Crippen LogP contribution in [0.15, 0.2) is 46.2 Å². The number of hydrogen-bond acceptors (Lipinski definition) is 8. The largest absolute Gasteiger partial charge is 0.495 e. The quantitative estimate of drug-likeness (QED) is 0.436. The van der Waals surface area contributed by atoms with Crippen molar-refractivity contribution in [3.05, 3.63) is 52.1 Å². The summed E-state index contributed by atoms with van der Waals surface area (Å²) in [6.45, 7) is 0. The second-order valence-corrected chi connectivity index (χ2v) is 10.7. The van der Waals surface area contributed by atoms with Gasteiger partial charge in [0, 0.05) is 30.0 Å². The third-order valence-electron chi connectivity index (χ3n) is 4.42. The summed E-state index contributed by atoms with van der Waals surface area (Å²) in [6, 6.07) is 6.51. The highest BCUT2D eigenvalue weighted by Crippen LogP contribution is 2.30. The Bertz CT molecular complexity index is 1270. The average molecular weight is 469 g/mol. The lowest BCUT2D eigenvalue weighted by molar-refractivity contribution is -0.385. The Morgan fingerprint density at radius 1 is 1.10 bits per heavy atom. The molecule has 0 radical (unpaired) electrons. The van der Waals surface area contributed by atoms with E-state index >= 15 is 0 Å². The maximum Gasteiger partial charge on any atom is 0.271 e. The third-order valence-corrected chi connectivity index (χ3v) is 7.03. The predicted octanol–water partition coefficient (Wildman–Crippen LogP) is 1.70. The van der Waals surface area contributed by atoms with Crippen molar-refractivity contribution in [3.63, 3.8) is 0 Å². The van der Waals surface area contributed by atoms with Crippen molar-refractivity contribution in [2.24, 2.45) is 0 Å². The van der Waals surface area contributed by atoms with Gasteiger partial charge in [0.2, 0.25) is 10.0 Å². The topological polar surface area (TPSA) is 162 Å². The van der Waals surface area contributed by atoms with E-state index in [0.29, 0.717) is 0 Å². The molecule has 1 saturated carbocycles. The molecule has 0 bridgehead atoms. The molecule has 0 aliphatic heterocycles. The molecule has 13 heteroatoms. The Labute approximate surface area is 178 Å². The lowest BCUT2D eigenvalue weighted by Gasteiger charge is -2.13. The second kappa shape index (κ2) is 8.24. The van der Waals surface area contributed by atoms with Crippen LogP contribution < -0.4 is 14.8 Å². The van der Waals surface area contributed by atoms with Gasteiger partial charge in [-0.25, -0.2) is 21.6 Å². The second-order valence-electron chi connectivity index (χ2n) is 6.96. The Hall–Kier alpha value is -3.03. The Morgan fingerprint density at radius 3 is 2.32 bits per heavy atom. The number of nitro groups is 1. The van der Waals surface area contributed by atoms with Crippen LogP contribution in [0.25, 0.3) is 0 Å². The number of ether oxygens (including phenoxy) is 1. The van der Waals surface area contributed by atoms with Crippen LogP contribution in [-0.4, -0.2) is 47.1 Å². The number of nitro benzene ring substituents is 1. The van der Waals surface area contributed by atoms with E-state index in [1.165, 1.54) is 25.3 Å². The van der Waals surface area contributed by atoms with Gasteiger partial charge in [-0.2, -0.15) is 0 Å². The molecule has 1 aliphatic rings. The average Bonchev–Trinajstić information content (AvgIpc) is 3.50. The van der Waals surface area contributed by atoms with Crippen molar-refractivity contribution in [2.75, 3.05) is 18.7 Å². The summed E-state index contributed by atoms with van der Waals surface area (Å²) >= 11 is 0. The van der Waals surface area contributed by atoms with Gasteiger partial charge in [-0.1, -0.05) is 0 Å². The molecule has 0 saturated heterocycles. The van der Waals surface area contributed by atoms with Crippen LogP contribution in [0.3, 0.4) is 0 Å². The summed E-state index contributed by atoms with van der Waals surface area (Å²) in [4.78, 5) is 22.6. The molecule has 0 heterocycles. The molecule has 166 valence electrons. The fourth-order valence-corrected chi connectivity index (χ4v) is 4.68. The highest BCUT2D eigenvalue weighted by atomic mass is 32.2. The molecule has 31 heavy (non-hydrogen) atoms. The third kappa shape index (κ3) is 5.37. The van der Waals surface area contributed by atoms with E-state index < -0.39 is 41.3 Å². The summed E-state index contributed by atoms with van der Waals surface area (Å²) in [7, 11) is -6.33. The number of methoxy groups -OCH3 is 1. The van der Waals surface area contributed by atoms with Gasteiger partial charge in [-0.15, -0.1) is 0 Å². The number of carbonyl (C=O) groups excluding carboxylic acids is 1. The molecule has 0 aromatic heterocycles. The van der Waals surface area contributed by atoms with Gasteiger partial charge in [0.1, 0.15) is 5.75 Å². The molecule has 2 aromatic carbocycles. The predicted molar refractivity (Wildman–Crippen MR) is 110 cm³/mol. The summed E-state index contributed by atoms with van der Waals surface area (Å²) in [5.41, 5.74) is -0.871. The minimum atomic E-state index is -3.83. The fraction of sp³-hybridized carbons (Fsp3) is 0.278. The van der Waals surface area contributed by atoms with Gasteiger partial charge in [0.05, 0.1) is 27.5 Å². The number of amides is 1. The van der Waals surface area contributed by atoms with Gasteiger partial charge in [0.25, 0.3) is 11.6 Å². The summed E-state index contributed by atoms with van der Waals surface area (Å²) in [5.74, 6) is -0.732. The van der Waals surface area contributed by atoms with Crippen LogP contribution in [0.2, 0.25) is 0 Å². The maximum absolute atomic E-state index is 12.7. The molecule has 2 N–H and O–H groups in total. The number of nitrogens with one attached hydrogen (secondary N) is 2. The number of nitrogens with zero attached hydrogens (tertiary/aromatic N) is 1. The molecular weight excluding hydrogens is 450 g/mol. The lowest BCUT2D eigenvalue weighted by atomic mass is 10.2. The van der Waals surface area contributed by atoms with Crippen LogP contribution >= 0.6 is 0 Å². The van der Waals surface area contributed by atoms with Crippen molar-refractivity contribution < 1.29 is 31.3 Å². The van der Waals surface area contributed by atoms with E-state index in [9.17, 15) is 31.7 Å². The normalized spacial score (nSPS) is 14.1. The molecule has 1 fully saturated rings. The van der Waals surface area contributed by atoms with Gasteiger partial charge in [-0.05, 0) is 37.1 Å². The molecule has 2 aromatic rings. The number of sulfonamides is 1. The highest BCUT2D eigenvalue weighted by Gasteiger charge is 2.28. The number of anilines is 1.